The van der Waals surface area contributed by atoms with Crippen LogP contribution in [0.4, 0.5) is 22.2 Å². The predicted molar refractivity (Wildman–Crippen MR) is 110 cm³/mol. The fraction of sp³-hybridized carbons (Fsp3) is 0.412. The van der Waals surface area contributed by atoms with E-state index in [2.05, 4.69) is 35.1 Å². The number of nitrogens with two attached hydrogens (primary N) is 1. The highest BCUT2D eigenvalue weighted by Gasteiger charge is 2.30. The molecule has 3 aromatic rings. The van der Waals surface area contributed by atoms with E-state index in [4.69, 9.17) is 10.5 Å². The number of rotatable bonds is 3. The molecule has 1 aliphatic rings. The molecule has 0 radical (unpaired) electrons. The van der Waals surface area contributed by atoms with Crippen molar-refractivity contribution in [3.05, 3.63) is 17.4 Å². The number of aromatic nitrogens is 5. The van der Waals surface area contributed by atoms with Gasteiger partial charge in [-0.1, -0.05) is 0 Å². The van der Waals surface area contributed by atoms with Crippen LogP contribution < -0.4 is 20.7 Å². The Morgan fingerprint density at radius 1 is 1.31 bits per heavy atom. The van der Waals surface area contributed by atoms with Crippen molar-refractivity contribution < 1.29 is 9.53 Å². The first-order valence-corrected chi connectivity index (χ1v) is 9.91. The Hall–Kier alpha value is -3.28. The predicted octanol–water partition coefficient (Wildman–Crippen LogP) is 1.52. The maximum absolute atomic E-state index is 12.7. The molecule has 1 unspecified atom stereocenters. The molecule has 4 heterocycles. The normalized spacial score (nSPS) is 16.9. The number of hydrogen-bond acceptors (Lipinski definition) is 10. The lowest BCUT2D eigenvalue weighted by atomic mass is 10.2. The summed E-state index contributed by atoms with van der Waals surface area (Å²) in [5.74, 6) is 0.930. The zero-order chi connectivity index (χ0) is 20.5. The van der Waals surface area contributed by atoms with Crippen molar-refractivity contribution in [3.8, 4) is 6.01 Å². The van der Waals surface area contributed by atoms with Gasteiger partial charge in [0.15, 0.2) is 10.6 Å². The molecule has 1 atom stereocenters. The highest BCUT2D eigenvalue weighted by atomic mass is 32.1. The lowest BCUT2D eigenvalue weighted by Gasteiger charge is -2.40. The van der Waals surface area contributed by atoms with E-state index in [9.17, 15) is 4.79 Å². The fourth-order valence-electron chi connectivity index (χ4n) is 3.28. The molecule has 1 fully saturated rings. The van der Waals surface area contributed by atoms with Crippen LogP contribution in [0.25, 0.3) is 10.3 Å². The van der Waals surface area contributed by atoms with Crippen LogP contribution in [0, 0.1) is 6.92 Å². The Balaban J connectivity index is 1.47. The van der Waals surface area contributed by atoms with E-state index in [1.54, 1.807) is 23.5 Å². The second-order valence-corrected chi connectivity index (χ2v) is 7.52. The van der Waals surface area contributed by atoms with Gasteiger partial charge in [0, 0.05) is 25.7 Å². The number of thiazole rings is 1. The maximum Gasteiger partial charge on any atom is 0.322 e. The molecule has 0 aromatic carbocycles. The Labute approximate surface area is 171 Å². The number of anilines is 3. The van der Waals surface area contributed by atoms with E-state index in [1.165, 1.54) is 18.4 Å². The SMILES string of the molecule is COc1ncc(NC(=O)N2CCN(c3nc(N)nc4scnc34)C(C)C2)c(C)n1. The summed E-state index contributed by atoms with van der Waals surface area (Å²) >= 11 is 1.43. The number of carbonyl (C=O) groups excluding carboxylic acids is 1. The molecule has 12 heteroatoms. The number of fused-ring (bicyclic) bond motifs is 1. The maximum atomic E-state index is 12.7. The minimum atomic E-state index is -0.200. The Morgan fingerprint density at radius 3 is 2.86 bits per heavy atom. The fourth-order valence-corrected chi connectivity index (χ4v) is 3.94. The van der Waals surface area contributed by atoms with Crippen LogP contribution in [0.15, 0.2) is 11.7 Å². The van der Waals surface area contributed by atoms with Crippen LogP contribution in [0.3, 0.4) is 0 Å². The topological polar surface area (TPSA) is 135 Å². The molecule has 152 valence electrons. The molecule has 2 amide bonds. The first-order valence-electron chi connectivity index (χ1n) is 9.03. The molecular weight excluding hydrogens is 394 g/mol. The summed E-state index contributed by atoms with van der Waals surface area (Å²) in [5, 5.41) is 2.87. The lowest BCUT2D eigenvalue weighted by Crippen LogP contribution is -2.55. The lowest BCUT2D eigenvalue weighted by molar-refractivity contribution is 0.200. The van der Waals surface area contributed by atoms with E-state index in [0.717, 1.165) is 10.3 Å². The van der Waals surface area contributed by atoms with Crippen molar-refractivity contribution in [3.63, 3.8) is 0 Å². The molecule has 0 spiro atoms. The summed E-state index contributed by atoms with van der Waals surface area (Å²) < 4.78 is 5.00. The van der Waals surface area contributed by atoms with Gasteiger partial charge < -0.3 is 25.6 Å². The highest BCUT2D eigenvalue weighted by Crippen LogP contribution is 2.29. The molecular formula is C17H21N9O2S. The number of amides is 2. The average molecular weight is 415 g/mol. The smallest absolute Gasteiger partial charge is 0.322 e. The van der Waals surface area contributed by atoms with Crippen LogP contribution in [0.1, 0.15) is 12.6 Å². The largest absolute Gasteiger partial charge is 0.467 e. The van der Waals surface area contributed by atoms with E-state index >= 15 is 0 Å². The van der Waals surface area contributed by atoms with E-state index in [-0.39, 0.29) is 24.0 Å². The number of nitrogens with zero attached hydrogens (tertiary/aromatic N) is 7. The summed E-state index contributed by atoms with van der Waals surface area (Å²) in [6.07, 6.45) is 1.54. The van der Waals surface area contributed by atoms with Gasteiger partial charge in [-0.2, -0.15) is 9.97 Å². The first-order chi connectivity index (χ1) is 14.0. The third-order valence-corrected chi connectivity index (χ3v) is 5.48. The molecule has 11 nitrogen and oxygen atoms in total. The van der Waals surface area contributed by atoms with Gasteiger partial charge in [0.2, 0.25) is 5.95 Å². The summed E-state index contributed by atoms with van der Waals surface area (Å²) in [5.41, 5.74) is 9.53. The molecule has 3 aromatic heterocycles. The Morgan fingerprint density at radius 2 is 2.14 bits per heavy atom. The van der Waals surface area contributed by atoms with Crippen LogP contribution in [-0.2, 0) is 0 Å². The zero-order valence-corrected chi connectivity index (χ0v) is 17.1. The number of piperazine rings is 1. The van der Waals surface area contributed by atoms with Gasteiger partial charge in [0.05, 0.1) is 30.2 Å². The molecule has 1 saturated heterocycles. The number of nitrogens with one attached hydrogen (secondary N) is 1. The third kappa shape index (κ3) is 3.70. The molecule has 0 bridgehead atoms. The molecule has 29 heavy (non-hydrogen) atoms. The molecule has 0 aliphatic carbocycles. The third-order valence-electron chi connectivity index (χ3n) is 4.77. The summed E-state index contributed by atoms with van der Waals surface area (Å²) in [7, 11) is 1.50. The summed E-state index contributed by atoms with van der Waals surface area (Å²) in [4.78, 5) is 38.6. The van der Waals surface area contributed by atoms with Gasteiger partial charge in [0.25, 0.3) is 0 Å². The van der Waals surface area contributed by atoms with Crippen LogP contribution in [0.2, 0.25) is 0 Å². The highest BCUT2D eigenvalue weighted by molar-refractivity contribution is 7.16. The molecule has 0 saturated carbocycles. The van der Waals surface area contributed by atoms with Crippen LogP contribution in [-0.4, -0.2) is 68.6 Å². The van der Waals surface area contributed by atoms with Crippen LogP contribution in [0.5, 0.6) is 6.01 Å². The van der Waals surface area contributed by atoms with Gasteiger partial charge in [-0.25, -0.2) is 19.7 Å². The number of urea groups is 1. The average Bonchev–Trinajstić information content (AvgIpc) is 3.17. The van der Waals surface area contributed by atoms with E-state index in [1.807, 2.05) is 6.92 Å². The minimum absolute atomic E-state index is 0.0296. The van der Waals surface area contributed by atoms with Crippen molar-refractivity contribution in [1.82, 2.24) is 29.8 Å². The second-order valence-electron chi connectivity index (χ2n) is 6.69. The van der Waals surface area contributed by atoms with Gasteiger partial charge in [-0.15, -0.1) is 11.3 Å². The molecule has 3 N–H and O–H groups in total. The number of hydrogen-bond donors (Lipinski definition) is 2. The standard InChI is InChI=1S/C17H21N9O2S/c1-9-7-25(17(27)22-11-6-19-16(28-3)21-10(11)2)4-5-26(9)13-12-14(29-8-20-12)24-15(18)23-13/h6,8-9H,4-5,7H2,1-3H3,(H,22,27)(H2,18,23,24). The van der Waals surface area contributed by atoms with E-state index < -0.39 is 0 Å². The van der Waals surface area contributed by atoms with Gasteiger partial charge in [-0.05, 0) is 13.8 Å². The number of ether oxygens (including phenoxy) is 1. The first kappa shape index (κ1) is 19.1. The van der Waals surface area contributed by atoms with Gasteiger partial charge in [-0.3, -0.25) is 0 Å². The van der Waals surface area contributed by atoms with Crippen molar-refractivity contribution >= 4 is 45.2 Å². The Bertz CT molecular complexity index is 1060. The number of carbonyl (C=O) groups is 1. The number of nitrogen functional groups attached to an aromatic ring is 1. The number of methoxy groups -OCH3 is 1. The van der Waals surface area contributed by atoms with Gasteiger partial charge in [0.1, 0.15) is 5.52 Å². The number of aryl methyl sites for hydroxylation is 1. The quantitative estimate of drug-likeness (QED) is 0.652. The zero-order valence-electron chi connectivity index (χ0n) is 16.3. The van der Waals surface area contributed by atoms with Crippen molar-refractivity contribution in [2.24, 2.45) is 0 Å². The second kappa shape index (κ2) is 7.62. The molecule has 4 rings (SSSR count). The monoisotopic (exact) mass is 415 g/mol. The Kier molecular flexibility index (Phi) is 5.01. The summed E-state index contributed by atoms with van der Waals surface area (Å²) in [6.45, 7) is 5.49. The van der Waals surface area contributed by atoms with E-state index in [0.29, 0.717) is 36.8 Å². The van der Waals surface area contributed by atoms with Crippen LogP contribution >= 0.6 is 11.3 Å². The van der Waals surface area contributed by atoms with Crippen molar-refractivity contribution in [2.75, 3.05) is 42.7 Å². The van der Waals surface area contributed by atoms with Gasteiger partial charge >= 0.3 is 12.0 Å². The molecule has 1 aliphatic heterocycles. The minimum Gasteiger partial charge on any atom is -0.467 e. The van der Waals surface area contributed by atoms with Crippen molar-refractivity contribution in [1.29, 1.82) is 0 Å². The van der Waals surface area contributed by atoms with Crippen molar-refractivity contribution in [2.45, 2.75) is 19.9 Å². The summed E-state index contributed by atoms with van der Waals surface area (Å²) in [6, 6.07) is 0.0940.